The molecule has 2 atom stereocenters. The van der Waals surface area contributed by atoms with Gasteiger partial charge >= 0.3 is 0 Å². The number of hydrogen-bond acceptors (Lipinski definition) is 3. The molecule has 1 aromatic carbocycles. The van der Waals surface area contributed by atoms with Gasteiger partial charge in [-0.25, -0.2) is 12.8 Å². The Balaban J connectivity index is 2.13. The highest BCUT2D eigenvalue weighted by Gasteiger charge is 2.34. The summed E-state index contributed by atoms with van der Waals surface area (Å²) in [6, 6.07) is 6.06. The third-order valence-corrected chi connectivity index (χ3v) is 6.56. The molecular formula is C18H26FNO3S. The van der Waals surface area contributed by atoms with E-state index in [-0.39, 0.29) is 41.1 Å². The minimum absolute atomic E-state index is 0.00911. The summed E-state index contributed by atoms with van der Waals surface area (Å²) >= 11 is 0. The van der Waals surface area contributed by atoms with Crippen molar-refractivity contribution in [3.63, 3.8) is 0 Å². The van der Waals surface area contributed by atoms with E-state index in [1.807, 2.05) is 20.8 Å². The number of carbonyl (C=O) groups is 1. The maximum Gasteiger partial charge on any atom is 0.223 e. The molecule has 0 aliphatic carbocycles. The number of nitrogens with zero attached hydrogens (tertiary/aromatic N) is 1. The van der Waals surface area contributed by atoms with Gasteiger partial charge in [0.25, 0.3) is 0 Å². The van der Waals surface area contributed by atoms with Gasteiger partial charge in [0.15, 0.2) is 9.84 Å². The molecule has 0 bridgehead atoms. The topological polar surface area (TPSA) is 54.5 Å². The highest BCUT2D eigenvalue weighted by atomic mass is 32.2. The lowest BCUT2D eigenvalue weighted by molar-refractivity contribution is -0.133. The van der Waals surface area contributed by atoms with Gasteiger partial charge in [-0.1, -0.05) is 26.0 Å². The zero-order chi connectivity index (χ0) is 17.9. The highest BCUT2D eigenvalue weighted by molar-refractivity contribution is 7.91. The Kier molecular flexibility index (Phi) is 6.01. The summed E-state index contributed by atoms with van der Waals surface area (Å²) in [5.74, 6) is 0.125. The molecule has 0 saturated carbocycles. The van der Waals surface area contributed by atoms with E-state index in [1.54, 1.807) is 17.0 Å². The smallest absolute Gasteiger partial charge is 0.223 e. The molecule has 24 heavy (non-hydrogen) atoms. The molecule has 1 aromatic rings. The highest BCUT2D eigenvalue weighted by Crippen LogP contribution is 2.30. The van der Waals surface area contributed by atoms with Crippen LogP contribution in [0.1, 0.15) is 45.1 Å². The Morgan fingerprint density at radius 2 is 1.92 bits per heavy atom. The number of benzene rings is 1. The van der Waals surface area contributed by atoms with Crippen molar-refractivity contribution in [3.05, 3.63) is 35.6 Å². The van der Waals surface area contributed by atoms with Gasteiger partial charge in [0.2, 0.25) is 5.91 Å². The van der Waals surface area contributed by atoms with Crippen LogP contribution in [-0.2, 0) is 14.6 Å². The monoisotopic (exact) mass is 355 g/mol. The summed E-state index contributed by atoms with van der Waals surface area (Å²) in [7, 11) is -3.02. The zero-order valence-corrected chi connectivity index (χ0v) is 15.4. The summed E-state index contributed by atoms with van der Waals surface area (Å²) in [6.07, 6.45) is 0.832. The van der Waals surface area contributed by atoms with Crippen LogP contribution in [0.3, 0.4) is 0 Å². The van der Waals surface area contributed by atoms with Crippen LogP contribution in [0.2, 0.25) is 0 Å². The minimum atomic E-state index is -3.02. The molecule has 0 aromatic heterocycles. The van der Waals surface area contributed by atoms with E-state index in [9.17, 15) is 17.6 Å². The van der Waals surface area contributed by atoms with Crippen molar-refractivity contribution in [2.75, 3.05) is 18.1 Å². The van der Waals surface area contributed by atoms with Gasteiger partial charge in [0.05, 0.1) is 11.5 Å². The minimum Gasteiger partial charge on any atom is -0.339 e. The molecule has 1 fully saturated rings. The largest absolute Gasteiger partial charge is 0.339 e. The number of rotatable bonds is 6. The van der Waals surface area contributed by atoms with Crippen molar-refractivity contribution < 1.29 is 17.6 Å². The summed E-state index contributed by atoms with van der Waals surface area (Å²) in [6.45, 7) is 6.47. The van der Waals surface area contributed by atoms with E-state index in [0.717, 1.165) is 5.56 Å². The van der Waals surface area contributed by atoms with Crippen LogP contribution in [-0.4, -0.2) is 43.3 Å². The van der Waals surface area contributed by atoms with Crippen LogP contribution in [0.25, 0.3) is 0 Å². The summed E-state index contributed by atoms with van der Waals surface area (Å²) in [5, 5.41) is 0. The Morgan fingerprint density at radius 3 is 2.38 bits per heavy atom. The molecule has 1 aliphatic rings. The van der Waals surface area contributed by atoms with Crippen LogP contribution >= 0.6 is 0 Å². The summed E-state index contributed by atoms with van der Waals surface area (Å²) < 4.78 is 36.5. The van der Waals surface area contributed by atoms with Crippen LogP contribution in [0.15, 0.2) is 24.3 Å². The normalized spacial score (nSPS) is 21.0. The van der Waals surface area contributed by atoms with Gasteiger partial charge in [-0.2, -0.15) is 0 Å². The zero-order valence-electron chi connectivity index (χ0n) is 14.5. The first-order valence-corrected chi connectivity index (χ1v) is 10.3. The fourth-order valence-corrected chi connectivity index (χ4v) is 5.14. The van der Waals surface area contributed by atoms with Crippen LogP contribution < -0.4 is 0 Å². The average Bonchev–Trinajstić information content (AvgIpc) is 2.86. The van der Waals surface area contributed by atoms with Crippen molar-refractivity contribution in [1.29, 1.82) is 0 Å². The summed E-state index contributed by atoms with van der Waals surface area (Å²) in [4.78, 5) is 14.5. The van der Waals surface area contributed by atoms with Crippen LogP contribution in [0.4, 0.5) is 4.39 Å². The maximum absolute atomic E-state index is 13.1. The lowest BCUT2D eigenvalue weighted by atomic mass is 9.85. The number of halogens is 1. The molecule has 0 spiro atoms. The van der Waals surface area contributed by atoms with Crippen molar-refractivity contribution in [2.24, 2.45) is 5.92 Å². The molecule has 1 heterocycles. The van der Waals surface area contributed by atoms with Crippen LogP contribution in [0, 0.1) is 11.7 Å². The average molecular weight is 355 g/mol. The van der Waals surface area contributed by atoms with E-state index in [1.165, 1.54) is 12.1 Å². The van der Waals surface area contributed by atoms with Gasteiger partial charge in [-0.3, -0.25) is 4.79 Å². The third-order valence-electron chi connectivity index (χ3n) is 4.81. The van der Waals surface area contributed by atoms with E-state index in [4.69, 9.17) is 0 Å². The van der Waals surface area contributed by atoms with Crippen molar-refractivity contribution >= 4 is 15.7 Å². The molecule has 1 saturated heterocycles. The maximum atomic E-state index is 13.1. The summed E-state index contributed by atoms with van der Waals surface area (Å²) in [5.41, 5.74) is 0.940. The lowest BCUT2D eigenvalue weighted by Gasteiger charge is -2.30. The Morgan fingerprint density at radius 1 is 1.29 bits per heavy atom. The predicted molar refractivity (Wildman–Crippen MR) is 93.0 cm³/mol. The fraction of sp³-hybridized carbons (Fsp3) is 0.611. The Labute approximate surface area is 144 Å². The molecule has 0 N–H and O–H groups in total. The molecule has 1 amide bonds. The van der Waals surface area contributed by atoms with E-state index < -0.39 is 9.84 Å². The molecule has 2 rings (SSSR count). The molecule has 6 heteroatoms. The first-order valence-electron chi connectivity index (χ1n) is 8.49. The molecule has 4 nitrogen and oxygen atoms in total. The Bertz CT molecular complexity index is 670. The van der Waals surface area contributed by atoms with Gasteiger partial charge in [0.1, 0.15) is 5.82 Å². The van der Waals surface area contributed by atoms with E-state index in [2.05, 4.69) is 0 Å². The quantitative estimate of drug-likeness (QED) is 0.788. The molecule has 134 valence electrons. The number of hydrogen-bond donors (Lipinski definition) is 0. The predicted octanol–water partition coefficient (Wildman–Crippen LogP) is 2.99. The molecular weight excluding hydrogens is 329 g/mol. The molecule has 0 radical (unpaired) electrons. The van der Waals surface area contributed by atoms with Crippen molar-refractivity contribution in [2.45, 2.75) is 45.6 Å². The van der Waals surface area contributed by atoms with E-state index in [0.29, 0.717) is 19.4 Å². The van der Waals surface area contributed by atoms with E-state index >= 15 is 0 Å². The lowest BCUT2D eigenvalue weighted by Crippen LogP contribution is -2.41. The second-order valence-electron chi connectivity index (χ2n) is 6.84. The van der Waals surface area contributed by atoms with Gasteiger partial charge in [-0.15, -0.1) is 0 Å². The number of carbonyl (C=O) groups excluding carboxylic acids is 1. The third kappa shape index (κ3) is 4.56. The van der Waals surface area contributed by atoms with Gasteiger partial charge in [-0.05, 0) is 42.9 Å². The molecule has 1 aliphatic heterocycles. The van der Waals surface area contributed by atoms with Crippen molar-refractivity contribution in [1.82, 2.24) is 4.90 Å². The second kappa shape index (κ2) is 7.64. The first-order chi connectivity index (χ1) is 11.2. The van der Waals surface area contributed by atoms with Gasteiger partial charge < -0.3 is 4.90 Å². The SMILES string of the molecule is CCN(C(=O)CC(c1ccc(F)cc1)C(C)C)C1CCS(=O)(=O)C1. The first kappa shape index (κ1) is 18.9. The van der Waals surface area contributed by atoms with Crippen LogP contribution in [0.5, 0.6) is 0 Å². The Hall–Kier alpha value is -1.43. The van der Waals surface area contributed by atoms with Gasteiger partial charge in [0, 0.05) is 19.0 Å². The fourth-order valence-electron chi connectivity index (χ4n) is 3.41. The van der Waals surface area contributed by atoms with Crippen molar-refractivity contribution in [3.8, 4) is 0 Å². The second-order valence-corrected chi connectivity index (χ2v) is 9.07. The number of sulfone groups is 1. The standard InChI is InChI=1S/C18H26FNO3S/c1-4-20(16-9-10-24(22,23)12-16)18(21)11-17(13(2)3)14-5-7-15(19)8-6-14/h5-8,13,16-17H,4,9-12H2,1-3H3. The number of amides is 1. The molecule has 2 unspecified atom stereocenters.